The smallest absolute Gasteiger partial charge is 0.251 e. The number of methoxy groups -OCH3 is 2. The van der Waals surface area contributed by atoms with Gasteiger partial charge in [-0.1, -0.05) is 39.8 Å². The molecule has 2 aromatic rings. The predicted octanol–water partition coefficient (Wildman–Crippen LogP) is 3.66. The minimum absolute atomic E-state index is 0.0100. The van der Waals surface area contributed by atoms with E-state index >= 15 is 0 Å². The maximum Gasteiger partial charge on any atom is 0.251 e. The Morgan fingerprint density at radius 1 is 0.939 bits per heavy atom. The molecule has 7 nitrogen and oxygen atoms in total. The number of benzene rings is 2. The summed E-state index contributed by atoms with van der Waals surface area (Å²) in [7, 11) is 3.22. The molecule has 2 amide bonds. The molecule has 2 aromatic carbocycles. The second-order valence-corrected chi connectivity index (χ2v) is 8.18. The normalized spacial score (nSPS) is 12.8. The van der Waals surface area contributed by atoms with Crippen molar-refractivity contribution < 1.29 is 19.1 Å². The molecule has 0 saturated carbocycles. The summed E-state index contributed by atoms with van der Waals surface area (Å²) in [4.78, 5) is 28.1. The molecule has 0 aliphatic heterocycles. The van der Waals surface area contributed by atoms with Crippen molar-refractivity contribution in [1.29, 1.82) is 0 Å². The Morgan fingerprint density at radius 2 is 1.58 bits per heavy atom. The molecule has 0 heterocycles. The summed E-state index contributed by atoms with van der Waals surface area (Å²) in [6, 6.07) is 14.1. The number of amides is 2. The molecule has 180 valence electrons. The van der Waals surface area contributed by atoms with Gasteiger partial charge in [0, 0.05) is 12.1 Å². The summed E-state index contributed by atoms with van der Waals surface area (Å²) < 4.78 is 10.5. The first kappa shape index (κ1) is 26.2. The molecular weight excluding hydrogens is 418 g/mol. The van der Waals surface area contributed by atoms with Gasteiger partial charge in [0.15, 0.2) is 0 Å². The van der Waals surface area contributed by atoms with Crippen LogP contribution in [0.15, 0.2) is 48.5 Å². The van der Waals surface area contributed by atoms with Crippen LogP contribution in [0.5, 0.6) is 11.5 Å². The van der Waals surface area contributed by atoms with E-state index < -0.39 is 6.04 Å². The van der Waals surface area contributed by atoms with Crippen molar-refractivity contribution in [3.05, 3.63) is 59.7 Å². The van der Waals surface area contributed by atoms with Crippen molar-refractivity contribution in [1.82, 2.24) is 15.5 Å². The summed E-state index contributed by atoms with van der Waals surface area (Å²) >= 11 is 0. The summed E-state index contributed by atoms with van der Waals surface area (Å²) in [6.07, 6.45) is 0. The standard InChI is InChI=1S/C26H37N3O4/c1-7-29(8-2)23(20-10-9-11-22(16-20)33-6)17-27-26(31)24(18(3)4)28-25(30)19-12-14-21(32-5)15-13-19/h9-16,18,23-24H,7-8,17H2,1-6H3,(H,27,31)(H,28,30). The average molecular weight is 456 g/mol. The Morgan fingerprint density at radius 3 is 2.12 bits per heavy atom. The highest BCUT2D eigenvalue weighted by molar-refractivity contribution is 5.97. The number of likely N-dealkylation sites (N-methyl/N-ethyl adjacent to an activating group) is 1. The van der Waals surface area contributed by atoms with Crippen LogP contribution >= 0.6 is 0 Å². The Hall–Kier alpha value is -3.06. The molecule has 0 aromatic heterocycles. The third-order valence-electron chi connectivity index (χ3n) is 5.79. The number of rotatable bonds is 12. The highest BCUT2D eigenvalue weighted by atomic mass is 16.5. The van der Waals surface area contributed by atoms with Gasteiger partial charge in [-0.05, 0) is 61.0 Å². The highest BCUT2D eigenvalue weighted by Crippen LogP contribution is 2.24. The van der Waals surface area contributed by atoms with Gasteiger partial charge in [-0.2, -0.15) is 0 Å². The number of nitrogens with zero attached hydrogens (tertiary/aromatic N) is 1. The van der Waals surface area contributed by atoms with Crippen LogP contribution in [0.3, 0.4) is 0 Å². The van der Waals surface area contributed by atoms with Crippen molar-refractivity contribution in [3.63, 3.8) is 0 Å². The quantitative estimate of drug-likeness (QED) is 0.511. The molecule has 0 bridgehead atoms. The van der Waals surface area contributed by atoms with Crippen molar-refractivity contribution in [2.45, 2.75) is 39.8 Å². The zero-order valence-electron chi connectivity index (χ0n) is 20.6. The summed E-state index contributed by atoms with van der Waals surface area (Å²) in [5, 5.41) is 5.95. The van der Waals surface area contributed by atoms with Gasteiger partial charge in [0.2, 0.25) is 5.91 Å². The minimum atomic E-state index is -0.651. The van der Waals surface area contributed by atoms with Crippen LogP contribution in [0.4, 0.5) is 0 Å². The molecule has 33 heavy (non-hydrogen) atoms. The Balaban J connectivity index is 2.13. The summed E-state index contributed by atoms with van der Waals surface area (Å²) in [5.41, 5.74) is 1.55. The van der Waals surface area contributed by atoms with E-state index in [9.17, 15) is 9.59 Å². The van der Waals surface area contributed by atoms with Gasteiger partial charge in [0.1, 0.15) is 17.5 Å². The molecule has 2 rings (SSSR count). The van der Waals surface area contributed by atoms with E-state index in [0.717, 1.165) is 24.4 Å². The first-order valence-corrected chi connectivity index (χ1v) is 11.4. The molecule has 2 unspecified atom stereocenters. The van der Waals surface area contributed by atoms with Crippen LogP contribution in [0.2, 0.25) is 0 Å². The van der Waals surface area contributed by atoms with Gasteiger partial charge in [-0.25, -0.2) is 0 Å². The SMILES string of the molecule is CCN(CC)C(CNC(=O)C(NC(=O)c1ccc(OC)cc1)C(C)C)c1cccc(OC)c1. The lowest BCUT2D eigenvalue weighted by atomic mass is 10.0. The number of nitrogens with one attached hydrogen (secondary N) is 2. The first-order valence-electron chi connectivity index (χ1n) is 11.4. The molecule has 0 aliphatic carbocycles. The molecule has 0 fully saturated rings. The Bertz CT molecular complexity index is 895. The number of hydrogen-bond donors (Lipinski definition) is 2. The van der Waals surface area contributed by atoms with Crippen molar-refractivity contribution in [3.8, 4) is 11.5 Å². The number of carbonyl (C=O) groups is 2. The average Bonchev–Trinajstić information content (AvgIpc) is 2.84. The number of ether oxygens (including phenoxy) is 2. The van der Waals surface area contributed by atoms with Crippen LogP contribution in [-0.4, -0.2) is 56.6 Å². The fourth-order valence-corrected chi connectivity index (χ4v) is 3.78. The van der Waals surface area contributed by atoms with Gasteiger partial charge in [0.05, 0.1) is 20.3 Å². The Labute approximate surface area is 197 Å². The minimum Gasteiger partial charge on any atom is -0.497 e. The maximum absolute atomic E-state index is 13.1. The largest absolute Gasteiger partial charge is 0.497 e. The number of hydrogen-bond acceptors (Lipinski definition) is 5. The molecule has 2 N–H and O–H groups in total. The first-order chi connectivity index (χ1) is 15.8. The zero-order chi connectivity index (χ0) is 24.4. The molecule has 0 saturated heterocycles. The van der Waals surface area contributed by atoms with Crippen molar-refractivity contribution >= 4 is 11.8 Å². The van der Waals surface area contributed by atoms with Crippen LogP contribution < -0.4 is 20.1 Å². The van der Waals surface area contributed by atoms with Gasteiger partial charge >= 0.3 is 0 Å². The van der Waals surface area contributed by atoms with E-state index in [2.05, 4.69) is 29.4 Å². The van der Waals surface area contributed by atoms with E-state index in [1.807, 2.05) is 38.1 Å². The highest BCUT2D eigenvalue weighted by Gasteiger charge is 2.26. The molecule has 0 aliphatic rings. The van der Waals surface area contributed by atoms with Crippen molar-refractivity contribution in [2.75, 3.05) is 33.9 Å². The topological polar surface area (TPSA) is 79.9 Å². The lowest BCUT2D eigenvalue weighted by molar-refractivity contribution is -0.124. The van der Waals surface area contributed by atoms with Crippen LogP contribution in [0.25, 0.3) is 0 Å². The number of carbonyl (C=O) groups excluding carboxylic acids is 2. The lowest BCUT2D eigenvalue weighted by Gasteiger charge is -2.31. The fraction of sp³-hybridized carbons (Fsp3) is 0.462. The monoisotopic (exact) mass is 455 g/mol. The van der Waals surface area contributed by atoms with Gasteiger partial charge in [-0.3, -0.25) is 14.5 Å². The second-order valence-electron chi connectivity index (χ2n) is 8.18. The van der Waals surface area contributed by atoms with E-state index in [4.69, 9.17) is 9.47 Å². The van der Waals surface area contributed by atoms with Crippen LogP contribution in [-0.2, 0) is 4.79 Å². The maximum atomic E-state index is 13.1. The second kappa shape index (κ2) is 12.8. The van der Waals surface area contributed by atoms with E-state index in [1.54, 1.807) is 38.5 Å². The van der Waals surface area contributed by atoms with E-state index in [-0.39, 0.29) is 23.8 Å². The van der Waals surface area contributed by atoms with Gasteiger partial charge in [0.25, 0.3) is 5.91 Å². The van der Waals surface area contributed by atoms with Crippen LogP contribution in [0.1, 0.15) is 49.7 Å². The van der Waals surface area contributed by atoms with Crippen molar-refractivity contribution in [2.24, 2.45) is 5.92 Å². The molecule has 7 heteroatoms. The molecule has 0 spiro atoms. The van der Waals surface area contributed by atoms with Gasteiger partial charge < -0.3 is 20.1 Å². The molecular formula is C26H37N3O4. The fourth-order valence-electron chi connectivity index (χ4n) is 3.78. The molecule has 2 atom stereocenters. The Kier molecular flexibility index (Phi) is 10.2. The zero-order valence-corrected chi connectivity index (χ0v) is 20.6. The summed E-state index contributed by atoms with van der Waals surface area (Å²) in [6.45, 7) is 10.2. The van der Waals surface area contributed by atoms with Crippen LogP contribution in [0, 0.1) is 5.92 Å². The van der Waals surface area contributed by atoms with Gasteiger partial charge in [-0.15, -0.1) is 0 Å². The van der Waals surface area contributed by atoms with E-state index in [1.165, 1.54) is 0 Å². The molecule has 0 radical (unpaired) electrons. The third-order valence-corrected chi connectivity index (χ3v) is 5.79. The third kappa shape index (κ3) is 7.22. The summed E-state index contributed by atoms with van der Waals surface area (Å²) in [5.74, 6) is 0.884. The predicted molar refractivity (Wildman–Crippen MR) is 131 cm³/mol. The lowest BCUT2D eigenvalue weighted by Crippen LogP contribution is -2.51. The van der Waals surface area contributed by atoms with E-state index in [0.29, 0.717) is 17.9 Å².